The summed E-state index contributed by atoms with van der Waals surface area (Å²) in [6.07, 6.45) is 0. The quantitative estimate of drug-likeness (QED) is 0.661. The summed E-state index contributed by atoms with van der Waals surface area (Å²) >= 11 is 10.7. The fourth-order valence-electron chi connectivity index (χ4n) is 0.433. The number of nitrogens with one attached hydrogen (secondary N) is 1. The molecule has 0 aliphatic carbocycles. The number of halogens is 2. The van der Waals surface area contributed by atoms with Crippen molar-refractivity contribution in [1.82, 2.24) is 10.2 Å². The SMILES string of the molecule is N=C(Cl)c1ccc(Cl)nn1. The fourth-order valence-corrected chi connectivity index (χ4v) is 0.635. The number of hydrogen-bond donors (Lipinski definition) is 1. The van der Waals surface area contributed by atoms with E-state index < -0.39 is 0 Å². The third kappa shape index (κ3) is 1.65. The van der Waals surface area contributed by atoms with Crippen LogP contribution >= 0.6 is 23.2 Å². The molecule has 0 bridgehead atoms. The third-order valence-electron chi connectivity index (χ3n) is 0.857. The molecule has 0 aliphatic rings. The molecule has 10 heavy (non-hydrogen) atoms. The Morgan fingerprint density at radius 1 is 1.40 bits per heavy atom. The Kier molecular flexibility index (Phi) is 2.19. The van der Waals surface area contributed by atoms with Gasteiger partial charge in [-0.2, -0.15) is 0 Å². The topological polar surface area (TPSA) is 49.6 Å². The summed E-state index contributed by atoms with van der Waals surface area (Å²) in [4.78, 5) is 0. The van der Waals surface area contributed by atoms with Crippen molar-refractivity contribution >= 4 is 28.4 Å². The minimum absolute atomic E-state index is 0.135. The fraction of sp³-hybridized carbons (Fsp3) is 0. The van der Waals surface area contributed by atoms with Gasteiger partial charge in [-0.15, -0.1) is 10.2 Å². The Morgan fingerprint density at radius 3 is 2.50 bits per heavy atom. The lowest BCUT2D eigenvalue weighted by molar-refractivity contribution is 1.02. The molecular weight excluding hydrogens is 173 g/mol. The average Bonchev–Trinajstić information content (AvgIpc) is 1.88. The molecule has 0 aromatic carbocycles. The predicted molar refractivity (Wildman–Crippen MR) is 39.7 cm³/mol. The van der Waals surface area contributed by atoms with Gasteiger partial charge in [-0.3, -0.25) is 5.41 Å². The molecule has 1 aromatic heterocycles. The molecule has 0 fully saturated rings. The smallest absolute Gasteiger partial charge is 0.151 e. The van der Waals surface area contributed by atoms with Crippen LogP contribution in [0.4, 0.5) is 0 Å². The lowest BCUT2D eigenvalue weighted by atomic mass is 10.4. The van der Waals surface area contributed by atoms with E-state index in [9.17, 15) is 0 Å². The zero-order valence-electron chi connectivity index (χ0n) is 4.81. The van der Waals surface area contributed by atoms with E-state index in [1.54, 1.807) is 0 Å². The Morgan fingerprint density at radius 2 is 2.10 bits per heavy atom. The molecule has 1 aromatic rings. The van der Waals surface area contributed by atoms with Crippen LogP contribution in [0, 0.1) is 5.41 Å². The Balaban J connectivity index is 3.00. The number of hydrogen-bond acceptors (Lipinski definition) is 3. The zero-order valence-corrected chi connectivity index (χ0v) is 6.32. The summed E-state index contributed by atoms with van der Waals surface area (Å²) < 4.78 is 0. The van der Waals surface area contributed by atoms with E-state index in [1.165, 1.54) is 12.1 Å². The van der Waals surface area contributed by atoms with Crippen molar-refractivity contribution in [2.45, 2.75) is 0 Å². The highest BCUT2D eigenvalue weighted by Gasteiger charge is 1.97. The summed E-state index contributed by atoms with van der Waals surface area (Å²) in [5, 5.41) is 14.1. The molecule has 0 amide bonds. The van der Waals surface area contributed by atoms with Crippen LogP contribution in [0.2, 0.25) is 5.15 Å². The first-order valence-electron chi connectivity index (χ1n) is 2.44. The van der Waals surface area contributed by atoms with Gasteiger partial charge in [0.25, 0.3) is 0 Å². The molecule has 0 saturated carbocycles. The van der Waals surface area contributed by atoms with E-state index in [0.29, 0.717) is 10.8 Å². The van der Waals surface area contributed by atoms with Crippen molar-refractivity contribution in [3.05, 3.63) is 23.0 Å². The van der Waals surface area contributed by atoms with E-state index in [-0.39, 0.29) is 5.17 Å². The van der Waals surface area contributed by atoms with Gasteiger partial charge >= 0.3 is 0 Å². The van der Waals surface area contributed by atoms with Gasteiger partial charge in [0.15, 0.2) is 5.15 Å². The molecule has 1 rings (SSSR count). The standard InChI is InChI=1S/C5H3Cl2N3/c6-4-2-1-3(5(7)8)9-10-4/h1-2,8H. The van der Waals surface area contributed by atoms with Crippen LogP contribution in [0.5, 0.6) is 0 Å². The van der Waals surface area contributed by atoms with E-state index in [1.807, 2.05) is 0 Å². The van der Waals surface area contributed by atoms with Crippen LogP contribution in [-0.4, -0.2) is 15.4 Å². The van der Waals surface area contributed by atoms with Crippen molar-refractivity contribution in [3.8, 4) is 0 Å². The molecule has 0 spiro atoms. The number of rotatable bonds is 1. The predicted octanol–water partition coefficient (Wildman–Crippen LogP) is 1.69. The van der Waals surface area contributed by atoms with Gasteiger partial charge in [0.1, 0.15) is 10.9 Å². The molecule has 0 radical (unpaired) electrons. The second-order valence-electron chi connectivity index (χ2n) is 1.56. The molecule has 5 heteroatoms. The van der Waals surface area contributed by atoms with Gasteiger partial charge in [-0.05, 0) is 12.1 Å². The Bertz CT molecular complexity index is 244. The van der Waals surface area contributed by atoms with E-state index in [2.05, 4.69) is 10.2 Å². The highest BCUT2D eigenvalue weighted by molar-refractivity contribution is 6.68. The molecule has 0 atom stereocenters. The molecule has 1 N–H and O–H groups in total. The van der Waals surface area contributed by atoms with Crippen LogP contribution in [0.1, 0.15) is 5.69 Å². The highest BCUT2D eigenvalue weighted by atomic mass is 35.5. The van der Waals surface area contributed by atoms with Crippen molar-refractivity contribution in [2.24, 2.45) is 0 Å². The summed E-state index contributed by atoms with van der Waals surface area (Å²) in [6, 6.07) is 3.06. The molecule has 3 nitrogen and oxygen atoms in total. The Labute approximate surface area is 67.5 Å². The van der Waals surface area contributed by atoms with Gasteiger partial charge in [0, 0.05) is 0 Å². The first-order chi connectivity index (χ1) is 4.70. The van der Waals surface area contributed by atoms with E-state index in [4.69, 9.17) is 28.6 Å². The summed E-state index contributed by atoms with van der Waals surface area (Å²) in [5.41, 5.74) is 0.325. The molecule has 0 aliphatic heterocycles. The average molecular weight is 176 g/mol. The summed E-state index contributed by atoms with van der Waals surface area (Å²) in [5.74, 6) is 0. The molecule has 52 valence electrons. The van der Waals surface area contributed by atoms with Crippen LogP contribution in [0.3, 0.4) is 0 Å². The molecule has 1 heterocycles. The summed E-state index contributed by atoms with van der Waals surface area (Å²) in [6.45, 7) is 0. The van der Waals surface area contributed by atoms with E-state index >= 15 is 0 Å². The second-order valence-corrected chi connectivity index (χ2v) is 2.32. The van der Waals surface area contributed by atoms with Gasteiger partial charge < -0.3 is 0 Å². The van der Waals surface area contributed by atoms with Crippen molar-refractivity contribution in [1.29, 1.82) is 5.41 Å². The number of nitrogens with zero attached hydrogens (tertiary/aromatic N) is 2. The first-order valence-corrected chi connectivity index (χ1v) is 3.19. The maximum absolute atomic E-state index is 6.93. The van der Waals surface area contributed by atoms with E-state index in [0.717, 1.165) is 0 Å². The second kappa shape index (κ2) is 2.94. The van der Waals surface area contributed by atoms with Crippen LogP contribution in [0.15, 0.2) is 12.1 Å². The minimum Gasteiger partial charge on any atom is -0.287 e. The van der Waals surface area contributed by atoms with Crippen LogP contribution in [0.25, 0.3) is 0 Å². The molecular formula is C5H3Cl2N3. The van der Waals surface area contributed by atoms with Crippen molar-refractivity contribution < 1.29 is 0 Å². The van der Waals surface area contributed by atoms with Crippen molar-refractivity contribution in [3.63, 3.8) is 0 Å². The maximum atomic E-state index is 6.93. The highest BCUT2D eigenvalue weighted by Crippen LogP contribution is 2.03. The lowest BCUT2D eigenvalue weighted by Crippen LogP contribution is -1.95. The Hall–Kier alpha value is -0.670. The lowest BCUT2D eigenvalue weighted by Gasteiger charge is -1.91. The summed E-state index contributed by atoms with van der Waals surface area (Å²) in [7, 11) is 0. The first kappa shape index (κ1) is 7.44. The number of aromatic nitrogens is 2. The maximum Gasteiger partial charge on any atom is 0.151 e. The van der Waals surface area contributed by atoms with Crippen LogP contribution < -0.4 is 0 Å². The largest absolute Gasteiger partial charge is 0.287 e. The van der Waals surface area contributed by atoms with Gasteiger partial charge in [0.2, 0.25) is 0 Å². The van der Waals surface area contributed by atoms with Crippen molar-refractivity contribution in [2.75, 3.05) is 0 Å². The monoisotopic (exact) mass is 175 g/mol. The molecule has 0 unspecified atom stereocenters. The zero-order chi connectivity index (χ0) is 7.56. The molecule has 0 saturated heterocycles. The van der Waals surface area contributed by atoms with Crippen LogP contribution in [-0.2, 0) is 0 Å². The third-order valence-corrected chi connectivity index (χ3v) is 1.25. The van der Waals surface area contributed by atoms with Gasteiger partial charge in [0.05, 0.1) is 0 Å². The minimum atomic E-state index is -0.135. The normalized spacial score (nSPS) is 9.40. The van der Waals surface area contributed by atoms with Gasteiger partial charge in [-0.25, -0.2) is 0 Å². The van der Waals surface area contributed by atoms with Gasteiger partial charge in [-0.1, -0.05) is 23.2 Å².